The normalized spacial score (nSPS) is 19.1. The zero-order chi connectivity index (χ0) is 16.1. The van der Waals surface area contributed by atoms with Crippen molar-refractivity contribution < 1.29 is 4.79 Å². The zero-order valence-corrected chi connectivity index (χ0v) is 14.4. The molecule has 3 heteroatoms. The van der Waals surface area contributed by atoms with Crippen LogP contribution in [0.2, 0.25) is 0 Å². The molecule has 0 bridgehead atoms. The number of nitrogens with one attached hydrogen (secondary N) is 1. The first-order valence-electron chi connectivity index (χ1n) is 9.27. The maximum Gasteiger partial charge on any atom is 0.222 e. The highest BCUT2D eigenvalue weighted by molar-refractivity contribution is 5.76. The van der Waals surface area contributed by atoms with E-state index in [1.165, 1.54) is 30.5 Å². The van der Waals surface area contributed by atoms with Gasteiger partial charge in [0.25, 0.3) is 0 Å². The number of rotatable bonds is 7. The Labute approximate surface area is 140 Å². The molecule has 1 aliphatic carbocycles. The van der Waals surface area contributed by atoms with E-state index in [2.05, 4.69) is 41.4 Å². The van der Waals surface area contributed by atoms with E-state index in [1.807, 2.05) is 0 Å². The minimum Gasteiger partial charge on any atom is -0.343 e. The van der Waals surface area contributed by atoms with Gasteiger partial charge in [-0.1, -0.05) is 29.8 Å². The number of carbonyl (C=O) groups excluding carboxylic acids is 1. The molecule has 1 heterocycles. The van der Waals surface area contributed by atoms with Gasteiger partial charge in [-0.05, 0) is 63.5 Å². The number of piperidine rings is 1. The molecule has 1 saturated carbocycles. The summed E-state index contributed by atoms with van der Waals surface area (Å²) in [6, 6.07) is 9.29. The van der Waals surface area contributed by atoms with E-state index in [-0.39, 0.29) is 0 Å². The summed E-state index contributed by atoms with van der Waals surface area (Å²) in [5, 5.41) is 3.67. The summed E-state index contributed by atoms with van der Waals surface area (Å²) < 4.78 is 0. The van der Waals surface area contributed by atoms with E-state index in [4.69, 9.17) is 0 Å². The fourth-order valence-corrected chi connectivity index (χ4v) is 3.34. The van der Waals surface area contributed by atoms with Crippen LogP contribution in [0.4, 0.5) is 0 Å². The lowest BCUT2D eigenvalue weighted by molar-refractivity contribution is -0.132. The Bertz CT molecular complexity index is 499. The molecule has 1 amide bonds. The van der Waals surface area contributed by atoms with Gasteiger partial charge in [0.05, 0.1) is 0 Å². The molecule has 0 atom stereocenters. The van der Waals surface area contributed by atoms with Crippen molar-refractivity contribution in [3.8, 4) is 0 Å². The molecule has 0 unspecified atom stereocenters. The highest BCUT2D eigenvalue weighted by atomic mass is 16.2. The molecular formula is C20H30N2O. The second kappa shape index (κ2) is 7.96. The number of aryl methyl sites for hydroxylation is 2. The van der Waals surface area contributed by atoms with Crippen molar-refractivity contribution in [2.24, 2.45) is 5.92 Å². The van der Waals surface area contributed by atoms with E-state index in [0.717, 1.165) is 44.7 Å². The van der Waals surface area contributed by atoms with Crippen LogP contribution in [0.25, 0.3) is 0 Å². The van der Waals surface area contributed by atoms with Crippen LogP contribution in [0, 0.1) is 12.8 Å². The van der Waals surface area contributed by atoms with Gasteiger partial charge in [-0.2, -0.15) is 0 Å². The molecule has 1 aromatic rings. The van der Waals surface area contributed by atoms with E-state index in [9.17, 15) is 4.79 Å². The van der Waals surface area contributed by atoms with Crippen molar-refractivity contribution in [1.82, 2.24) is 10.2 Å². The number of hydrogen-bond acceptors (Lipinski definition) is 2. The van der Waals surface area contributed by atoms with Crippen LogP contribution in [0.3, 0.4) is 0 Å². The summed E-state index contributed by atoms with van der Waals surface area (Å²) in [5.74, 6) is 1.29. The smallest absolute Gasteiger partial charge is 0.222 e. The van der Waals surface area contributed by atoms with Crippen LogP contribution in [-0.2, 0) is 11.2 Å². The molecule has 3 rings (SSSR count). The first-order valence-corrected chi connectivity index (χ1v) is 9.27. The van der Waals surface area contributed by atoms with E-state index >= 15 is 0 Å². The average Bonchev–Trinajstić information content (AvgIpc) is 3.39. The maximum absolute atomic E-state index is 12.3. The Morgan fingerprint density at radius 1 is 1.13 bits per heavy atom. The molecule has 1 saturated heterocycles. The molecular weight excluding hydrogens is 284 g/mol. The van der Waals surface area contributed by atoms with Crippen LogP contribution in [0.1, 0.15) is 49.7 Å². The Kier molecular flexibility index (Phi) is 5.71. The van der Waals surface area contributed by atoms with Gasteiger partial charge in [-0.3, -0.25) is 4.79 Å². The van der Waals surface area contributed by atoms with E-state index in [1.54, 1.807) is 0 Å². The molecule has 0 radical (unpaired) electrons. The van der Waals surface area contributed by atoms with Gasteiger partial charge >= 0.3 is 0 Å². The van der Waals surface area contributed by atoms with Crippen molar-refractivity contribution in [1.29, 1.82) is 0 Å². The van der Waals surface area contributed by atoms with Crippen molar-refractivity contribution >= 4 is 5.91 Å². The fraction of sp³-hybridized carbons (Fsp3) is 0.650. The quantitative estimate of drug-likeness (QED) is 0.837. The number of likely N-dealkylation sites (tertiary alicyclic amines) is 1. The van der Waals surface area contributed by atoms with Gasteiger partial charge < -0.3 is 10.2 Å². The number of hydrogen-bond donors (Lipinski definition) is 1. The van der Waals surface area contributed by atoms with Gasteiger partial charge in [0.1, 0.15) is 0 Å². The summed E-state index contributed by atoms with van der Waals surface area (Å²) >= 11 is 0. The number of carbonyl (C=O) groups is 1. The highest BCUT2D eigenvalue weighted by Gasteiger charge is 2.25. The molecule has 1 N–H and O–H groups in total. The first-order chi connectivity index (χ1) is 11.2. The van der Waals surface area contributed by atoms with E-state index in [0.29, 0.717) is 18.4 Å². The molecule has 3 nitrogen and oxygen atoms in total. The topological polar surface area (TPSA) is 32.3 Å². The van der Waals surface area contributed by atoms with Crippen LogP contribution in [0.15, 0.2) is 24.3 Å². The monoisotopic (exact) mass is 314 g/mol. The van der Waals surface area contributed by atoms with Gasteiger partial charge in [0.2, 0.25) is 5.91 Å². The zero-order valence-electron chi connectivity index (χ0n) is 14.4. The van der Waals surface area contributed by atoms with Crippen LogP contribution in [-0.4, -0.2) is 36.5 Å². The second-order valence-corrected chi connectivity index (χ2v) is 7.35. The van der Waals surface area contributed by atoms with Gasteiger partial charge in [-0.25, -0.2) is 0 Å². The SMILES string of the molecule is Cc1ccc(CCCC(=O)N2CCC(NCC3CC3)CC2)cc1. The molecule has 23 heavy (non-hydrogen) atoms. The number of nitrogens with zero attached hydrogens (tertiary/aromatic N) is 1. The van der Waals surface area contributed by atoms with Crippen LogP contribution >= 0.6 is 0 Å². The molecule has 0 aromatic heterocycles. The lowest BCUT2D eigenvalue weighted by atomic mass is 10.0. The Morgan fingerprint density at radius 3 is 2.48 bits per heavy atom. The number of benzene rings is 1. The Morgan fingerprint density at radius 2 is 1.83 bits per heavy atom. The Balaban J connectivity index is 1.31. The summed E-state index contributed by atoms with van der Waals surface area (Å²) in [5.41, 5.74) is 2.63. The lowest BCUT2D eigenvalue weighted by Crippen LogP contribution is -2.45. The summed E-state index contributed by atoms with van der Waals surface area (Å²) in [4.78, 5) is 14.4. The summed E-state index contributed by atoms with van der Waals surface area (Å²) in [6.45, 7) is 5.17. The predicted octanol–water partition coefficient (Wildman–Crippen LogP) is 3.31. The molecule has 1 aromatic carbocycles. The average molecular weight is 314 g/mol. The molecule has 0 spiro atoms. The van der Waals surface area contributed by atoms with Gasteiger partial charge in [0.15, 0.2) is 0 Å². The lowest BCUT2D eigenvalue weighted by Gasteiger charge is -2.32. The number of amides is 1. The van der Waals surface area contributed by atoms with Gasteiger partial charge in [0, 0.05) is 25.6 Å². The third kappa shape index (κ3) is 5.35. The van der Waals surface area contributed by atoms with Crippen LogP contribution < -0.4 is 5.32 Å². The molecule has 126 valence electrons. The standard InChI is InChI=1S/C20H30N2O/c1-16-5-7-17(8-6-16)3-2-4-20(23)22-13-11-19(12-14-22)21-15-18-9-10-18/h5-8,18-19,21H,2-4,9-15H2,1H3. The maximum atomic E-state index is 12.3. The largest absolute Gasteiger partial charge is 0.343 e. The Hall–Kier alpha value is -1.35. The highest BCUT2D eigenvalue weighted by Crippen LogP contribution is 2.28. The van der Waals surface area contributed by atoms with Crippen LogP contribution in [0.5, 0.6) is 0 Å². The fourth-order valence-electron chi connectivity index (χ4n) is 3.34. The predicted molar refractivity (Wildman–Crippen MR) is 94.4 cm³/mol. The second-order valence-electron chi connectivity index (χ2n) is 7.35. The third-order valence-electron chi connectivity index (χ3n) is 5.22. The van der Waals surface area contributed by atoms with Crippen molar-refractivity contribution in [2.45, 2.75) is 57.9 Å². The minimum atomic E-state index is 0.345. The molecule has 1 aliphatic heterocycles. The van der Waals surface area contributed by atoms with Crippen molar-refractivity contribution in [3.05, 3.63) is 35.4 Å². The third-order valence-corrected chi connectivity index (χ3v) is 5.22. The van der Waals surface area contributed by atoms with E-state index < -0.39 is 0 Å². The van der Waals surface area contributed by atoms with Crippen molar-refractivity contribution in [3.63, 3.8) is 0 Å². The minimum absolute atomic E-state index is 0.345. The van der Waals surface area contributed by atoms with Gasteiger partial charge in [-0.15, -0.1) is 0 Å². The molecule has 2 aliphatic rings. The molecule has 2 fully saturated rings. The summed E-state index contributed by atoms with van der Waals surface area (Å²) in [7, 11) is 0. The summed E-state index contributed by atoms with van der Waals surface area (Å²) in [6.07, 6.45) is 7.71. The van der Waals surface area contributed by atoms with Crippen molar-refractivity contribution in [2.75, 3.05) is 19.6 Å². The first kappa shape index (κ1) is 16.5.